The van der Waals surface area contributed by atoms with E-state index in [4.69, 9.17) is 12.2 Å². The summed E-state index contributed by atoms with van der Waals surface area (Å²) in [7, 11) is 0. The summed E-state index contributed by atoms with van der Waals surface area (Å²) in [5.41, 5.74) is 0.531. The average molecular weight is 424 g/mol. The molecule has 1 aromatic heterocycles. The van der Waals surface area contributed by atoms with E-state index in [2.05, 4.69) is 4.98 Å². The molecule has 138 valence electrons. The number of thiazole rings is 1. The van der Waals surface area contributed by atoms with Gasteiger partial charge in [-0.2, -0.15) is 0 Å². The van der Waals surface area contributed by atoms with Gasteiger partial charge in [-0.25, -0.2) is 18.2 Å². The fraction of sp³-hybridized carbons (Fsp3) is 0.167. The molecule has 0 fully saturated rings. The van der Waals surface area contributed by atoms with Gasteiger partial charge < -0.3 is 9.69 Å². The number of aldehydes is 1. The maximum absolute atomic E-state index is 14.0. The fourth-order valence-corrected chi connectivity index (χ4v) is 5.43. The van der Waals surface area contributed by atoms with Crippen LogP contribution in [0.1, 0.15) is 11.4 Å². The van der Waals surface area contributed by atoms with Crippen LogP contribution in [0.4, 0.5) is 18.9 Å². The molecule has 1 unspecified atom stereocenters. The molecule has 9 heteroatoms. The van der Waals surface area contributed by atoms with Crippen molar-refractivity contribution in [3.05, 3.63) is 52.8 Å². The molecule has 0 saturated carbocycles. The van der Waals surface area contributed by atoms with E-state index in [0.29, 0.717) is 16.1 Å². The van der Waals surface area contributed by atoms with E-state index in [1.54, 1.807) is 0 Å². The van der Waals surface area contributed by atoms with E-state index in [-0.39, 0.29) is 28.4 Å². The smallest absolute Gasteiger partial charge is 0.186 e. The highest BCUT2D eigenvalue weighted by molar-refractivity contribution is 8.02. The number of aromatic nitrogens is 1. The largest absolute Gasteiger partial charge is 0.327 e. The van der Waals surface area contributed by atoms with Gasteiger partial charge in [0.2, 0.25) is 0 Å². The topological polar surface area (TPSA) is 33.2 Å². The van der Waals surface area contributed by atoms with E-state index in [0.717, 1.165) is 28.2 Å². The van der Waals surface area contributed by atoms with E-state index in [9.17, 15) is 18.0 Å². The lowest BCUT2D eigenvalue weighted by Crippen LogP contribution is -2.39. The molecule has 2 heterocycles. The summed E-state index contributed by atoms with van der Waals surface area (Å²) in [6.07, 6.45) is 1.09. The Balaban J connectivity index is 1.76. The SMILES string of the molecule is O=CCC1Sc2ccccc2N(Cc2nc3c(F)c(F)cc(F)c3s2)C1=S. The second-order valence-electron chi connectivity index (χ2n) is 5.84. The first-order valence-electron chi connectivity index (χ1n) is 7.93. The van der Waals surface area contributed by atoms with Crippen LogP contribution >= 0.6 is 35.3 Å². The summed E-state index contributed by atoms with van der Waals surface area (Å²) in [6, 6.07) is 8.10. The zero-order chi connectivity index (χ0) is 19.1. The lowest BCUT2D eigenvalue weighted by molar-refractivity contribution is -0.107. The summed E-state index contributed by atoms with van der Waals surface area (Å²) in [6.45, 7) is 0.186. The van der Waals surface area contributed by atoms with Crippen molar-refractivity contribution < 1.29 is 18.0 Å². The first-order chi connectivity index (χ1) is 13.0. The van der Waals surface area contributed by atoms with Crippen molar-refractivity contribution in [2.24, 2.45) is 0 Å². The molecule has 3 nitrogen and oxygen atoms in total. The molecule has 0 radical (unpaired) electrons. The first-order valence-corrected chi connectivity index (χ1v) is 10.0. The quantitative estimate of drug-likeness (QED) is 0.330. The molecule has 0 aliphatic carbocycles. The third-order valence-corrected chi connectivity index (χ3v) is 7.13. The average Bonchev–Trinajstić information content (AvgIpc) is 3.08. The number of para-hydroxylation sites is 1. The Kier molecular flexibility index (Phi) is 4.92. The van der Waals surface area contributed by atoms with E-state index < -0.39 is 17.5 Å². The number of hydrogen-bond acceptors (Lipinski definition) is 5. The molecule has 1 aliphatic heterocycles. The van der Waals surface area contributed by atoms with Gasteiger partial charge in [0.1, 0.15) is 22.6 Å². The van der Waals surface area contributed by atoms with Gasteiger partial charge in [0.15, 0.2) is 11.6 Å². The van der Waals surface area contributed by atoms with Crippen molar-refractivity contribution in [3.8, 4) is 0 Å². The van der Waals surface area contributed by atoms with Crippen molar-refractivity contribution in [2.75, 3.05) is 4.90 Å². The number of carbonyl (C=O) groups excluding carboxylic acids is 1. The highest BCUT2D eigenvalue weighted by Crippen LogP contribution is 2.41. The molecule has 0 spiro atoms. The molecular formula is C18H11F3N2OS3. The molecule has 1 aliphatic rings. The van der Waals surface area contributed by atoms with Crippen LogP contribution in [0.2, 0.25) is 0 Å². The Bertz CT molecular complexity index is 1070. The van der Waals surface area contributed by atoms with Gasteiger partial charge in [0, 0.05) is 17.4 Å². The van der Waals surface area contributed by atoms with Gasteiger partial charge in [-0.15, -0.1) is 23.1 Å². The number of hydrogen-bond donors (Lipinski definition) is 0. The highest BCUT2D eigenvalue weighted by Gasteiger charge is 2.31. The maximum atomic E-state index is 14.0. The summed E-state index contributed by atoms with van der Waals surface area (Å²) >= 11 is 8.03. The van der Waals surface area contributed by atoms with Gasteiger partial charge >= 0.3 is 0 Å². The van der Waals surface area contributed by atoms with Gasteiger partial charge in [0.25, 0.3) is 0 Å². The molecule has 0 saturated heterocycles. The highest BCUT2D eigenvalue weighted by atomic mass is 32.2. The van der Waals surface area contributed by atoms with Gasteiger partial charge in [0.05, 0.1) is 27.2 Å². The minimum atomic E-state index is -1.27. The standard InChI is InChI=1S/C18H11F3N2OS3/c19-9-7-10(20)17-16(15(9)21)22-14(27-17)8-23-11-3-1-2-4-12(11)26-13(5-6-24)18(23)25/h1-4,6-7,13H,5,8H2. The zero-order valence-electron chi connectivity index (χ0n) is 13.6. The molecule has 0 N–H and O–H groups in total. The van der Waals surface area contributed by atoms with E-state index >= 15 is 0 Å². The van der Waals surface area contributed by atoms with Crippen LogP contribution in [-0.2, 0) is 11.3 Å². The van der Waals surface area contributed by atoms with Crippen LogP contribution in [0.3, 0.4) is 0 Å². The molecule has 0 amide bonds. The maximum Gasteiger partial charge on any atom is 0.186 e. The van der Waals surface area contributed by atoms with Crippen LogP contribution in [-0.4, -0.2) is 21.5 Å². The van der Waals surface area contributed by atoms with E-state index in [1.165, 1.54) is 11.8 Å². The summed E-state index contributed by atoms with van der Waals surface area (Å²) < 4.78 is 41.4. The molecule has 3 aromatic rings. The number of anilines is 1. The van der Waals surface area contributed by atoms with Crippen molar-refractivity contribution >= 4 is 62.5 Å². The number of benzene rings is 2. The third-order valence-electron chi connectivity index (χ3n) is 4.13. The molecule has 2 aromatic carbocycles. The van der Waals surface area contributed by atoms with Crippen LogP contribution in [0, 0.1) is 17.5 Å². The van der Waals surface area contributed by atoms with Crippen molar-refractivity contribution in [1.82, 2.24) is 4.98 Å². The third kappa shape index (κ3) is 3.24. The second kappa shape index (κ2) is 7.21. The molecule has 1 atom stereocenters. The lowest BCUT2D eigenvalue weighted by Gasteiger charge is -2.35. The molecular weight excluding hydrogens is 413 g/mol. The Morgan fingerprint density at radius 3 is 2.78 bits per heavy atom. The molecule has 0 bridgehead atoms. The number of nitrogens with zero attached hydrogens (tertiary/aromatic N) is 2. The number of halogens is 3. The summed E-state index contributed by atoms with van der Waals surface area (Å²) in [5.74, 6) is -3.27. The predicted octanol–water partition coefficient (Wildman–Crippen LogP) is 5.11. The lowest BCUT2D eigenvalue weighted by atomic mass is 10.2. The first kappa shape index (κ1) is 18.4. The summed E-state index contributed by atoms with van der Waals surface area (Å²) in [4.78, 5) is 18.4. The van der Waals surface area contributed by atoms with Crippen molar-refractivity contribution in [1.29, 1.82) is 0 Å². The van der Waals surface area contributed by atoms with Crippen LogP contribution < -0.4 is 4.90 Å². The van der Waals surface area contributed by atoms with Crippen LogP contribution in [0.5, 0.6) is 0 Å². The Hall–Kier alpha value is -1.97. The van der Waals surface area contributed by atoms with Crippen molar-refractivity contribution in [2.45, 2.75) is 23.1 Å². The number of thiocarbonyl (C=S) groups is 1. The van der Waals surface area contributed by atoms with Crippen LogP contribution in [0.15, 0.2) is 35.2 Å². The van der Waals surface area contributed by atoms with Gasteiger partial charge in [-0.05, 0) is 12.1 Å². The minimum Gasteiger partial charge on any atom is -0.327 e. The Morgan fingerprint density at radius 1 is 1.22 bits per heavy atom. The minimum absolute atomic E-state index is 0.0288. The van der Waals surface area contributed by atoms with Gasteiger partial charge in [-0.1, -0.05) is 24.4 Å². The predicted molar refractivity (Wildman–Crippen MR) is 105 cm³/mol. The molecule has 27 heavy (non-hydrogen) atoms. The zero-order valence-corrected chi connectivity index (χ0v) is 16.1. The number of carbonyl (C=O) groups is 1. The fourth-order valence-electron chi connectivity index (χ4n) is 2.91. The Labute approximate surface area is 166 Å². The van der Waals surface area contributed by atoms with E-state index in [1.807, 2.05) is 29.2 Å². The normalized spacial score (nSPS) is 16.6. The number of rotatable bonds is 4. The monoisotopic (exact) mass is 424 g/mol. The summed E-state index contributed by atoms with van der Waals surface area (Å²) in [5, 5.41) is 0.204. The Morgan fingerprint density at radius 2 is 2.00 bits per heavy atom. The number of fused-ring (bicyclic) bond motifs is 2. The number of thioether (sulfide) groups is 1. The van der Waals surface area contributed by atoms with Gasteiger partial charge in [-0.3, -0.25) is 0 Å². The second-order valence-corrected chi connectivity index (χ2v) is 8.59. The van der Waals surface area contributed by atoms with Crippen molar-refractivity contribution in [3.63, 3.8) is 0 Å². The molecule has 4 rings (SSSR count). The van der Waals surface area contributed by atoms with Crippen LogP contribution in [0.25, 0.3) is 10.2 Å².